The van der Waals surface area contributed by atoms with Crippen LogP contribution >= 0.6 is 0 Å². The second-order valence-electron chi connectivity index (χ2n) is 11.2. The van der Waals surface area contributed by atoms with Gasteiger partial charge in [0.1, 0.15) is 98.2 Å². The third-order valence-corrected chi connectivity index (χ3v) is 8.28. The Labute approximate surface area is 260 Å². The second kappa shape index (κ2) is 16.2. The van der Waals surface area contributed by atoms with Crippen LogP contribution in [0.25, 0.3) is 0 Å². The van der Waals surface area contributed by atoms with Gasteiger partial charge >= 0.3 is 0 Å². The van der Waals surface area contributed by atoms with Crippen LogP contribution in [0.2, 0.25) is 0 Å². The number of rotatable bonds is 11. The summed E-state index contributed by atoms with van der Waals surface area (Å²) in [5.74, 6) is -2.50. The number of ether oxygens (including phenoxy) is 7. The van der Waals surface area contributed by atoms with E-state index in [1.54, 1.807) is 0 Å². The van der Waals surface area contributed by atoms with Crippen LogP contribution in [0.4, 0.5) is 0 Å². The molecule has 19 atom stereocenters. The molecule has 0 aromatic rings. The fraction of sp³-hybridized carbons (Fsp3) is 1.00. The van der Waals surface area contributed by atoms with Crippen LogP contribution in [0.15, 0.2) is 0 Å². The van der Waals surface area contributed by atoms with Crippen molar-refractivity contribution in [2.75, 3.05) is 33.0 Å². The predicted octanol–water partition coefficient (Wildman–Crippen LogP) is -10.6. The van der Waals surface area contributed by atoms with Gasteiger partial charge in [-0.3, -0.25) is 0 Å². The van der Waals surface area contributed by atoms with E-state index in [0.717, 1.165) is 0 Å². The molecule has 0 saturated carbocycles. The molecule has 4 rings (SSSR count). The molecule has 0 radical (unpaired) electrons. The van der Waals surface area contributed by atoms with Gasteiger partial charge < -0.3 is 110 Å². The molecule has 0 amide bonds. The van der Waals surface area contributed by atoms with E-state index in [1.165, 1.54) is 0 Å². The highest BCUT2D eigenvalue weighted by atomic mass is 16.8. The lowest BCUT2D eigenvalue weighted by molar-refractivity contribution is -0.409. The van der Waals surface area contributed by atoms with Gasteiger partial charge in [0, 0.05) is 0 Å². The van der Waals surface area contributed by atoms with E-state index < -0.39 is 149 Å². The Hall–Kier alpha value is -0.880. The SMILES string of the molecule is O.OC[C@H]1O[C@H](OC[C@H]2O[C@H](O[C@H]3[C@@H](O[C@]4(CO)O[C@H](CO)[C@@H](O)[C@H]4O)O[C@H](CO)[C@@H](O)[C@H]3O)[C@H](O)[C@H](O)[C@H]2O)[C@H](O)[C@@H](O)[C@H]1O. The molecule has 0 aliphatic carbocycles. The first-order valence-corrected chi connectivity index (χ1v) is 14.1. The quantitative estimate of drug-likeness (QED) is 0.0960. The van der Waals surface area contributed by atoms with Crippen LogP contribution < -0.4 is 0 Å². The van der Waals surface area contributed by atoms with Gasteiger partial charge in [0.15, 0.2) is 18.9 Å². The minimum absolute atomic E-state index is 0. The van der Waals surface area contributed by atoms with Crippen molar-refractivity contribution >= 4 is 0 Å². The maximum atomic E-state index is 10.9. The molecular weight excluding hydrogens is 640 g/mol. The fourth-order valence-corrected chi connectivity index (χ4v) is 5.48. The third-order valence-electron chi connectivity index (χ3n) is 8.28. The standard InChI is InChI=1S/C24H42O21.H2O/c25-1-6-10(29)14(33)17(36)21(40-6)39-4-9-12(31)15(34)18(37)22(42-9)43-19-16(35)11(30)7(2-26)41-23(19)45-24(5-28)20(38)13(32)8(3-27)44-24;/h6-23,25-38H,1-5H2;1H2/t6-,7-,8-,9-,10+,11-,12+,13-,14+,15-,16-,17-,18-,19-,20-,21+,22-,23-,24+;/m1./s1. The molecule has 16 N–H and O–H groups in total. The van der Waals surface area contributed by atoms with Crippen molar-refractivity contribution in [1.29, 1.82) is 0 Å². The average Bonchev–Trinajstić information content (AvgIpc) is 3.28. The van der Waals surface area contributed by atoms with Crippen molar-refractivity contribution in [3.63, 3.8) is 0 Å². The molecule has 4 saturated heterocycles. The summed E-state index contributed by atoms with van der Waals surface area (Å²) in [6, 6.07) is 0. The molecule has 4 heterocycles. The lowest BCUT2D eigenvalue weighted by Gasteiger charge is -2.47. The van der Waals surface area contributed by atoms with Crippen LogP contribution in [-0.4, -0.2) is 226 Å². The Morgan fingerprint density at radius 1 is 0.500 bits per heavy atom. The van der Waals surface area contributed by atoms with E-state index in [9.17, 15) is 71.5 Å². The van der Waals surface area contributed by atoms with E-state index in [1.807, 2.05) is 0 Å². The normalized spacial score (nSPS) is 51.5. The van der Waals surface area contributed by atoms with Gasteiger partial charge in [0.05, 0.1) is 26.4 Å². The highest BCUT2D eigenvalue weighted by molar-refractivity contribution is 4.99. The molecule has 4 aliphatic rings. The minimum atomic E-state index is -2.50. The molecule has 0 aromatic heterocycles. The predicted molar refractivity (Wildman–Crippen MR) is 138 cm³/mol. The van der Waals surface area contributed by atoms with Crippen molar-refractivity contribution < 1.29 is 110 Å². The van der Waals surface area contributed by atoms with Crippen LogP contribution in [0, 0.1) is 0 Å². The maximum absolute atomic E-state index is 10.9. The van der Waals surface area contributed by atoms with Gasteiger partial charge in [-0.05, 0) is 0 Å². The summed E-state index contributed by atoms with van der Waals surface area (Å²) in [4.78, 5) is 0. The first-order chi connectivity index (χ1) is 21.2. The van der Waals surface area contributed by atoms with Gasteiger partial charge in [-0.15, -0.1) is 0 Å². The molecule has 0 spiro atoms. The molecule has 0 aromatic carbocycles. The van der Waals surface area contributed by atoms with E-state index in [2.05, 4.69) is 0 Å². The third kappa shape index (κ3) is 7.48. The molecule has 22 heteroatoms. The number of aliphatic hydroxyl groups excluding tert-OH is 14. The lowest BCUT2D eigenvalue weighted by atomic mass is 9.97. The van der Waals surface area contributed by atoms with Crippen LogP contribution in [-0.2, 0) is 33.2 Å². The summed E-state index contributed by atoms with van der Waals surface area (Å²) in [6.45, 7) is -4.33. The Morgan fingerprint density at radius 3 is 1.50 bits per heavy atom. The molecule has 22 nitrogen and oxygen atoms in total. The Balaban J connectivity index is 0.00000576. The van der Waals surface area contributed by atoms with Crippen molar-refractivity contribution in [3.8, 4) is 0 Å². The molecular formula is C24H44O22. The largest absolute Gasteiger partial charge is 0.412 e. The van der Waals surface area contributed by atoms with Crippen LogP contribution in [0.1, 0.15) is 0 Å². The van der Waals surface area contributed by atoms with Gasteiger partial charge in [-0.2, -0.15) is 0 Å². The summed E-state index contributed by atoms with van der Waals surface area (Å²) < 4.78 is 38.1. The van der Waals surface area contributed by atoms with Crippen molar-refractivity contribution in [2.24, 2.45) is 0 Å². The first-order valence-electron chi connectivity index (χ1n) is 14.1. The van der Waals surface area contributed by atoms with E-state index >= 15 is 0 Å². The minimum Gasteiger partial charge on any atom is -0.412 e. The molecule has 4 aliphatic heterocycles. The Bertz CT molecular complexity index is 932. The first kappa shape index (κ1) is 39.6. The summed E-state index contributed by atoms with van der Waals surface area (Å²) >= 11 is 0. The fourth-order valence-electron chi connectivity index (χ4n) is 5.48. The van der Waals surface area contributed by atoms with Gasteiger partial charge in [0.2, 0.25) is 5.79 Å². The van der Waals surface area contributed by atoms with Gasteiger partial charge in [-0.1, -0.05) is 0 Å². The highest BCUT2D eigenvalue weighted by Crippen LogP contribution is 2.37. The van der Waals surface area contributed by atoms with Gasteiger partial charge in [0.25, 0.3) is 0 Å². The monoisotopic (exact) mass is 684 g/mol. The summed E-state index contributed by atoms with van der Waals surface area (Å²) in [6.07, 6.45) is -32.3. The molecule has 272 valence electrons. The lowest BCUT2D eigenvalue weighted by Crippen LogP contribution is -2.66. The van der Waals surface area contributed by atoms with Crippen LogP contribution in [0.5, 0.6) is 0 Å². The maximum Gasteiger partial charge on any atom is 0.224 e. The van der Waals surface area contributed by atoms with Crippen molar-refractivity contribution in [3.05, 3.63) is 0 Å². The number of hydrogen-bond donors (Lipinski definition) is 14. The molecule has 46 heavy (non-hydrogen) atoms. The second-order valence-corrected chi connectivity index (χ2v) is 11.2. The molecule has 4 fully saturated rings. The average molecular weight is 685 g/mol. The number of hydrogen-bond acceptors (Lipinski definition) is 21. The van der Waals surface area contributed by atoms with E-state index in [0.29, 0.717) is 0 Å². The van der Waals surface area contributed by atoms with Crippen LogP contribution in [0.3, 0.4) is 0 Å². The van der Waals surface area contributed by atoms with Crippen molar-refractivity contribution in [1.82, 2.24) is 0 Å². The smallest absolute Gasteiger partial charge is 0.224 e. The zero-order chi connectivity index (χ0) is 33.4. The Morgan fingerprint density at radius 2 is 0.978 bits per heavy atom. The van der Waals surface area contributed by atoms with E-state index in [-0.39, 0.29) is 5.48 Å². The molecule has 0 unspecified atom stereocenters. The highest BCUT2D eigenvalue weighted by Gasteiger charge is 2.59. The van der Waals surface area contributed by atoms with Gasteiger partial charge in [-0.25, -0.2) is 0 Å². The zero-order valence-electron chi connectivity index (χ0n) is 24.0. The summed E-state index contributed by atoms with van der Waals surface area (Å²) in [5.41, 5.74) is 0. The molecule has 0 bridgehead atoms. The van der Waals surface area contributed by atoms with Crippen molar-refractivity contribution in [2.45, 2.75) is 116 Å². The Kier molecular flexibility index (Phi) is 13.9. The summed E-state index contributed by atoms with van der Waals surface area (Å²) in [5, 5.41) is 142. The van der Waals surface area contributed by atoms with E-state index in [4.69, 9.17) is 33.2 Å². The topological polar surface area (TPSA) is 379 Å². The number of aliphatic hydroxyl groups is 14. The summed E-state index contributed by atoms with van der Waals surface area (Å²) in [7, 11) is 0. The zero-order valence-corrected chi connectivity index (χ0v) is 24.0.